The Morgan fingerprint density at radius 3 is 2.81 bits per heavy atom. The second-order valence-corrected chi connectivity index (χ2v) is 3.86. The molecule has 0 aliphatic carbocycles. The van der Waals surface area contributed by atoms with Crippen molar-refractivity contribution >= 4 is 22.5 Å². The highest BCUT2D eigenvalue weighted by atomic mass is 35.5. The standard InChI is InChI=1S/C11H10ClFN2O/c1-3-15-10(16)8-7(13)5-4-6(2)9(8)14-11(15)12/h4-5H,3H2,1-2H3. The molecule has 1 aromatic heterocycles. The third-order valence-electron chi connectivity index (χ3n) is 2.53. The van der Waals surface area contributed by atoms with Gasteiger partial charge in [-0.1, -0.05) is 6.07 Å². The SMILES string of the molecule is CCn1c(Cl)nc2c(C)ccc(F)c2c1=O. The molecule has 0 saturated heterocycles. The van der Waals surface area contributed by atoms with Crippen LogP contribution in [0, 0.1) is 12.7 Å². The van der Waals surface area contributed by atoms with Crippen molar-refractivity contribution in [1.29, 1.82) is 0 Å². The highest BCUT2D eigenvalue weighted by Crippen LogP contribution is 2.18. The molecule has 0 aliphatic heterocycles. The fourth-order valence-corrected chi connectivity index (χ4v) is 1.94. The van der Waals surface area contributed by atoms with Gasteiger partial charge in [-0.05, 0) is 37.1 Å². The van der Waals surface area contributed by atoms with E-state index in [9.17, 15) is 9.18 Å². The second-order valence-electron chi connectivity index (χ2n) is 3.52. The van der Waals surface area contributed by atoms with Crippen molar-refractivity contribution < 1.29 is 4.39 Å². The van der Waals surface area contributed by atoms with E-state index < -0.39 is 11.4 Å². The first-order valence-electron chi connectivity index (χ1n) is 4.91. The predicted octanol–water partition coefficient (Wildman–Crippen LogP) is 2.52. The molecule has 0 radical (unpaired) electrons. The largest absolute Gasteiger partial charge is 0.283 e. The molecule has 84 valence electrons. The molecule has 0 N–H and O–H groups in total. The van der Waals surface area contributed by atoms with Gasteiger partial charge in [0.1, 0.15) is 11.2 Å². The van der Waals surface area contributed by atoms with Crippen LogP contribution in [0.2, 0.25) is 5.28 Å². The van der Waals surface area contributed by atoms with Gasteiger partial charge in [-0.2, -0.15) is 0 Å². The van der Waals surface area contributed by atoms with Gasteiger partial charge in [0.05, 0.1) is 5.52 Å². The zero-order chi connectivity index (χ0) is 11.9. The number of nitrogens with zero attached hydrogens (tertiary/aromatic N) is 2. The number of halogens is 2. The van der Waals surface area contributed by atoms with Crippen LogP contribution in [0.5, 0.6) is 0 Å². The van der Waals surface area contributed by atoms with Crippen molar-refractivity contribution in [2.24, 2.45) is 0 Å². The Labute approximate surface area is 96.5 Å². The summed E-state index contributed by atoms with van der Waals surface area (Å²) >= 11 is 5.86. The van der Waals surface area contributed by atoms with Gasteiger partial charge in [-0.25, -0.2) is 9.37 Å². The quantitative estimate of drug-likeness (QED) is 0.718. The molecular formula is C11H10ClFN2O. The molecule has 1 aromatic carbocycles. The van der Waals surface area contributed by atoms with Crippen LogP contribution in [0.15, 0.2) is 16.9 Å². The zero-order valence-corrected chi connectivity index (χ0v) is 9.68. The highest BCUT2D eigenvalue weighted by molar-refractivity contribution is 6.28. The van der Waals surface area contributed by atoms with E-state index in [4.69, 9.17) is 11.6 Å². The monoisotopic (exact) mass is 240 g/mol. The van der Waals surface area contributed by atoms with Crippen molar-refractivity contribution in [1.82, 2.24) is 9.55 Å². The smallest absolute Gasteiger partial charge is 0.265 e. The molecule has 3 nitrogen and oxygen atoms in total. The van der Waals surface area contributed by atoms with E-state index in [1.165, 1.54) is 10.6 Å². The number of aromatic nitrogens is 2. The van der Waals surface area contributed by atoms with Crippen LogP contribution in [0.1, 0.15) is 12.5 Å². The topological polar surface area (TPSA) is 34.9 Å². The maximum Gasteiger partial charge on any atom is 0.265 e. The molecule has 2 aromatic rings. The third kappa shape index (κ3) is 1.50. The van der Waals surface area contributed by atoms with Gasteiger partial charge in [-0.15, -0.1) is 0 Å². The van der Waals surface area contributed by atoms with Gasteiger partial charge >= 0.3 is 0 Å². The first kappa shape index (κ1) is 11.1. The molecule has 0 unspecified atom stereocenters. The number of aryl methyl sites for hydroxylation is 1. The summed E-state index contributed by atoms with van der Waals surface area (Å²) in [7, 11) is 0. The summed E-state index contributed by atoms with van der Waals surface area (Å²) in [6.07, 6.45) is 0. The Morgan fingerprint density at radius 1 is 1.50 bits per heavy atom. The van der Waals surface area contributed by atoms with Crippen molar-refractivity contribution in [3.8, 4) is 0 Å². The lowest BCUT2D eigenvalue weighted by molar-refractivity contribution is 0.632. The minimum absolute atomic E-state index is 0.00579. The first-order valence-corrected chi connectivity index (χ1v) is 5.29. The zero-order valence-electron chi connectivity index (χ0n) is 8.92. The van der Waals surface area contributed by atoms with Gasteiger partial charge in [-0.3, -0.25) is 9.36 Å². The normalized spacial score (nSPS) is 11.0. The maximum absolute atomic E-state index is 13.6. The van der Waals surface area contributed by atoms with E-state index in [-0.39, 0.29) is 10.7 Å². The van der Waals surface area contributed by atoms with E-state index >= 15 is 0 Å². The van der Waals surface area contributed by atoms with Gasteiger partial charge < -0.3 is 0 Å². The second kappa shape index (κ2) is 3.87. The molecule has 0 atom stereocenters. The number of hydrogen-bond donors (Lipinski definition) is 0. The molecule has 0 aliphatic rings. The predicted molar refractivity (Wildman–Crippen MR) is 61.4 cm³/mol. The number of fused-ring (bicyclic) bond motifs is 1. The Bertz CT molecular complexity index is 621. The molecule has 0 fully saturated rings. The van der Waals surface area contributed by atoms with Crippen LogP contribution >= 0.6 is 11.6 Å². The molecule has 5 heteroatoms. The molecule has 0 bridgehead atoms. The molecule has 0 amide bonds. The summed E-state index contributed by atoms with van der Waals surface area (Å²) in [5.41, 5.74) is 0.636. The molecule has 1 heterocycles. The van der Waals surface area contributed by atoms with Crippen molar-refractivity contribution in [2.45, 2.75) is 20.4 Å². The fourth-order valence-electron chi connectivity index (χ4n) is 1.66. The van der Waals surface area contributed by atoms with E-state index in [1.54, 1.807) is 19.9 Å². The summed E-state index contributed by atoms with van der Waals surface area (Å²) in [5, 5.41) is 0.0972. The van der Waals surface area contributed by atoms with Crippen molar-refractivity contribution in [2.75, 3.05) is 0 Å². The van der Waals surface area contributed by atoms with E-state index in [0.29, 0.717) is 12.1 Å². The highest BCUT2D eigenvalue weighted by Gasteiger charge is 2.13. The van der Waals surface area contributed by atoms with E-state index in [1.807, 2.05) is 0 Å². The summed E-state index contributed by atoms with van der Waals surface area (Å²) in [4.78, 5) is 16.0. The molecule has 16 heavy (non-hydrogen) atoms. The average molecular weight is 241 g/mol. The minimum Gasteiger partial charge on any atom is -0.283 e. The molecular weight excluding hydrogens is 231 g/mol. The van der Waals surface area contributed by atoms with Gasteiger partial charge in [0.2, 0.25) is 5.28 Å². The van der Waals surface area contributed by atoms with Crippen LogP contribution in [-0.4, -0.2) is 9.55 Å². The van der Waals surface area contributed by atoms with Crippen LogP contribution in [0.3, 0.4) is 0 Å². The van der Waals surface area contributed by atoms with Gasteiger partial charge in [0.25, 0.3) is 5.56 Å². The van der Waals surface area contributed by atoms with Crippen LogP contribution < -0.4 is 5.56 Å². The molecule has 2 rings (SSSR count). The fraction of sp³-hybridized carbons (Fsp3) is 0.273. The Hall–Kier alpha value is -1.42. The van der Waals surface area contributed by atoms with Crippen LogP contribution in [-0.2, 0) is 6.54 Å². The summed E-state index contributed by atoms with van der Waals surface area (Å²) in [5.74, 6) is -0.558. The molecule has 0 saturated carbocycles. The number of benzene rings is 1. The lowest BCUT2D eigenvalue weighted by Crippen LogP contribution is -2.22. The third-order valence-corrected chi connectivity index (χ3v) is 2.82. The number of hydrogen-bond acceptors (Lipinski definition) is 2. The number of rotatable bonds is 1. The Balaban J connectivity index is 3.05. The van der Waals surface area contributed by atoms with E-state index in [2.05, 4.69) is 4.98 Å². The summed E-state index contributed by atoms with van der Waals surface area (Å²) < 4.78 is 14.8. The Morgan fingerprint density at radius 2 is 2.19 bits per heavy atom. The first-order chi connectivity index (χ1) is 7.56. The lowest BCUT2D eigenvalue weighted by Gasteiger charge is -2.08. The van der Waals surface area contributed by atoms with Crippen LogP contribution in [0.4, 0.5) is 4.39 Å². The van der Waals surface area contributed by atoms with Gasteiger partial charge in [0, 0.05) is 6.54 Å². The Kier molecular flexibility index (Phi) is 2.68. The lowest BCUT2D eigenvalue weighted by atomic mass is 10.1. The average Bonchev–Trinajstić information content (AvgIpc) is 2.24. The molecule has 0 spiro atoms. The van der Waals surface area contributed by atoms with Gasteiger partial charge in [0.15, 0.2) is 0 Å². The van der Waals surface area contributed by atoms with Crippen molar-refractivity contribution in [3.63, 3.8) is 0 Å². The summed E-state index contributed by atoms with van der Waals surface area (Å²) in [6.45, 7) is 3.89. The van der Waals surface area contributed by atoms with E-state index in [0.717, 1.165) is 5.56 Å². The summed E-state index contributed by atoms with van der Waals surface area (Å²) in [6, 6.07) is 2.85. The maximum atomic E-state index is 13.6. The minimum atomic E-state index is -0.558. The van der Waals surface area contributed by atoms with Crippen LogP contribution in [0.25, 0.3) is 10.9 Å². The van der Waals surface area contributed by atoms with Crippen molar-refractivity contribution in [3.05, 3.63) is 39.2 Å².